The molecule has 1 saturated heterocycles. The number of rotatable bonds is 4. The molecule has 0 aliphatic carbocycles. The maximum Gasteiger partial charge on any atom is 0.126 e. The summed E-state index contributed by atoms with van der Waals surface area (Å²) in [5.41, 5.74) is 9.89. The third-order valence-corrected chi connectivity index (χ3v) is 4.25. The molecule has 0 saturated carbocycles. The van der Waals surface area contributed by atoms with Gasteiger partial charge in [-0.25, -0.2) is 4.98 Å². The molecule has 1 fully saturated rings. The van der Waals surface area contributed by atoms with E-state index in [-0.39, 0.29) is 0 Å². The number of hydrogen-bond acceptors (Lipinski definition) is 5. The van der Waals surface area contributed by atoms with Crippen molar-refractivity contribution in [3.63, 3.8) is 0 Å². The van der Waals surface area contributed by atoms with Crippen LogP contribution in [0.25, 0.3) is 22.2 Å². The second-order valence-electron chi connectivity index (χ2n) is 5.91. The third kappa shape index (κ3) is 2.85. The molecule has 3 heterocycles. The number of nitrogens with zero attached hydrogens (tertiary/aromatic N) is 2. The van der Waals surface area contributed by atoms with Gasteiger partial charge in [0.15, 0.2) is 0 Å². The predicted molar refractivity (Wildman–Crippen MR) is 91.2 cm³/mol. The minimum absolute atomic E-state index is 0.518. The molecule has 0 amide bonds. The van der Waals surface area contributed by atoms with Gasteiger partial charge in [0.1, 0.15) is 5.82 Å². The Morgan fingerprint density at radius 1 is 1.30 bits per heavy atom. The van der Waals surface area contributed by atoms with Gasteiger partial charge in [0.25, 0.3) is 0 Å². The van der Waals surface area contributed by atoms with Gasteiger partial charge in [0.05, 0.1) is 17.8 Å². The molecule has 118 valence electrons. The standard InChI is InChI=1S/C17H19N5O/c18-17-8-15(19-9-11-4-6-23-10-11)13-2-1-12(7-16(13)21-17)14-3-5-20-22-14/h1-3,5,7-8,11H,4,6,9-10H2,(H,20,22)(H3,18,19,21). The number of benzene rings is 1. The van der Waals surface area contributed by atoms with Crippen LogP contribution in [0, 0.1) is 5.92 Å². The first kappa shape index (κ1) is 14.0. The third-order valence-electron chi connectivity index (χ3n) is 4.25. The summed E-state index contributed by atoms with van der Waals surface area (Å²) >= 11 is 0. The molecule has 1 aliphatic rings. The van der Waals surface area contributed by atoms with Crippen molar-refractivity contribution in [1.82, 2.24) is 15.2 Å². The highest BCUT2D eigenvalue weighted by Crippen LogP contribution is 2.29. The van der Waals surface area contributed by atoms with Crippen LogP contribution in [0.2, 0.25) is 0 Å². The van der Waals surface area contributed by atoms with Crippen LogP contribution in [0.15, 0.2) is 36.5 Å². The number of aromatic nitrogens is 3. The SMILES string of the molecule is Nc1cc(NCC2CCOC2)c2ccc(-c3ccn[nH]3)cc2n1. The molecule has 1 aliphatic heterocycles. The van der Waals surface area contributed by atoms with E-state index < -0.39 is 0 Å². The normalized spacial score (nSPS) is 17.7. The summed E-state index contributed by atoms with van der Waals surface area (Å²) in [7, 11) is 0. The molecular formula is C17H19N5O. The molecule has 1 aromatic carbocycles. The molecule has 1 unspecified atom stereocenters. The Hall–Kier alpha value is -2.60. The second kappa shape index (κ2) is 5.89. The predicted octanol–water partition coefficient (Wildman–Crippen LogP) is 2.66. The summed E-state index contributed by atoms with van der Waals surface area (Å²) in [6.07, 6.45) is 2.85. The lowest BCUT2D eigenvalue weighted by atomic mass is 10.1. The Labute approximate surface area is 134 Å². The largest absolute Gasteiger partial charge is 0.384 e. The smallest absolute Gasteiger partial charge is 0.126 e. The van der Waals surface area contributed by atoms with Crippen LogP contribution < -0.4 is 11.1 Å². The topological polar surface area (TPSA) is 88.9 Å². The van der Waals surface area contributed by atoms with Crippen LogP contribution >= 0.6 is 0 Å². The van der Waals surface area contributed by atoms with Crippen molar-refractivity contribution in [1.29, 1.82) is 0 Å². The number of ether oxygens (including phenoxy) is 1. The van der Waals surface area contributed by atoms with Crippen LogP contribution in [0.4, 0.5) is 11.5 Å². The van der Waals surface area contributed by atoms with Gasteiger partial charge in [-0.15, -0.1) is 0 Å². The van der Waals surface area contributed by atoms with Gasteiger partial charge in [0.2, 0.25) is 0 Å². The van der Waals surface area contributed by atoms with Crippen molar-refractivity contribution in [3.8, 4) is 11.3 Å². The lowest BCUT2D eigenvalue weighted by Gasteiger charge is -2.14. The van der Waals surface area contributed by atoms with E-state index in [1.54, 1.807) is 6.20 Å². The maximum atomic E-state index is 5.98. The van der Waals surface area contributed by atoms with E-state index >= 15 is 0 Å². The van der Waals surface area contributed by atoms with Crippen LogP contribution in [0.1, 0.15) is 6.42 Å². The van der Waals surface area contributed by atoms with Crippen LogP contribution in [0.5, 0.6) is 0 Å². The zero-order valence-corrected chi connectivity index (χ0v) is 12.7. The summed E-state index contributed by atoms with van der Waals surface area (Å²) in [5, 5.41) is 11.5. The van der Waals surface area contributed by atoms with Gasteiger partial charge in [0, 0.05) is 48.0 Å². The quantitative estimate of drug-likeness (QED) is 0.689. The van der Waals surface area contributed by atoms with Crippen LogP contribution in [-0.2, 0) is 4.74 Å². The molecule has 1 atom stereocenters. The number of hydrogen-bond donors (Lipinski definition) is 3. The Bertz CT molecular complexity index is 809. The Morgan fingerprint density at radius 2 is 2.26 bits per heavy atom. The summed E-state index contributed by atoms with van der Waals surface area (Å²) in [6.45, 7) is 2.58. The van der Waals surface area contributed by atoms with E-state index in [1.807, 2.05) is 18.2 Å². The number of nitrogens with one attached hydrogen (secondary N) is 2. The maximum absolute atomic E-state index is 5.98. The van der Waals surface area contributed by atoms with Gasteiger partial charge in [-0.2, -0.15) is 5.10 Å². The average molecular weight is 309 g/mol. The minimum atomic E-state index is 0.518. The molecule has 0 bridgehead atoms. The minimum Gasteiger partial charge on any atom is -0.384 e. The van der Waals surface area contributed by atoms with Crippen LogP contribution in [-0.4, -0.2) is 34.9 Å². The number of nitrogen functional groups attached to an aromatic ring is 1. The number of nitrogens with two attached hydrogens (primary N) is 1. The van der Waals surface area contributed by atoms with Crippen molar-refractivity contribution >= 4 is 22.4 Å². The number of H-pyrrole nitrogens is 1. The highest BCUT2D eigenvalue weighted by molar-refractivity contribution is 5.95. The molecule has 4 rings (SSSR count). The van der Waals surface area contributed by atoms with E-state index in [1.165, 1.54) is 0 Å². The lowest BCUT2D eigenvalue weighted by Crippen LogP contribution is -2.14. The molecule has 6 heteroatoms. The monoisotopic (exact) mass is 309 g/mol. The molecule has 6 nitrogen and oxygen atoms in total. The summed E-state index contributed by atoms with van der Waals surface area (Å²) < 4.78 is 5.43. The fraction of sp³-hybridized carbons (Fsp3) is 0.294. The molecule has 0 radical (unpaired) electrons. The number of fused-ring (bicyclic) bond motifs is 1. The Morgan fingerprint density at radius 3 is 3.04 bits per heavy atom. The first-order valence-corrected chi connectivity index (χ1v) is 7.81. The van der Waals surface area contributed by atoms with Gasteiger partial charge >= 0.3 is 0 Å². The van der Waals surface area contributed by atoms with Crippen LogP contribution in [0.3, 0.4) is 0 Å². The lowest BCUT2D eigenvalue weighted by molar-refractivity contribution is 0.187. The summed E-state index contributed by atoms with van der Waals surface area (Å²) in [6, 6.07) is 10.0. The molecular weight excluding hydrogens is 290 g/mol. The molecule has 23 heavy (non-hydrogen) atoms. The van der Waals surface area contributed by atoms with Gasteiger partial charge < -0.3 is 15.8 Å². The van der Waals surface area contributed by atoms with E-state index in [9.17, 15) is 0 Å². The second-order valence-corrected chi connectivity index (χ2v) is 5.91. The fourth-order valence-electron chi connectivity index (χ4n) is 2.98. The van der Waals surface area contributed by atoms with Crippen molar-refractivity contribution in [3.05, 3.63) is 36.5 Å². The van der Waals surface area contributed by atoms with Crippen molar-refractivity contribution in [2.24, 2.45) is 5.92 Å². The number of anilines is 2. The van der Waals surface area contributed by atoms with Gasteiger partial charge in [-0.05, 0) is 18.6 Å². The van der Waals surface area contributed by atoms with Gasteiger partial charge in [-0.1, -0.05) is 12.1 Å². The highest BCUT2D eigenvalue weighted by Gasteiger charge is 2.16. The van der Waals surface area contributed by atoms with Gasteiger partial charge in [-0.3, -0.25) is 5.10 Å². The molecule has 2 aromatic heterocycles. The molecule has 4 N–H and O–H groups in total. The summed E-state index contributed by atoms with van der Waals surface area (Å²) in [4.78, 5) is 4.47. The van der Waals surface area contributed by atoms with Crippen molar-refractivity contribution < 1.29 is 4.74 Å². The Kier molecular flexibility index (Phi) is 3.59. The average Bonchev–Trinajstić information content (AvgIpc) is 3.25. The fourth-order valence-corrected chi connectivity index (χ4v) is 2.98. The first-order chi connectivity index (χ1) is 11.3. The summed E-state index contributed by atoms with van der Waals surface area (Å²) in [5.74, 6) is 1.08. The van der Waals surface area contributed by atoms with E-state index in [2.05, 4.69) is 32.6 Å². The number of pyridine rings is 1. The van der Waals surface area contributed by atoms with E-state index in [0.29, 0.717) is 11.7 Å². The molecule has 3 aromatic rings. The Balaban J connectivity index is 1.67. The van der Waals surface area contributed by atoms with E-state index in [4.69, 9.17) is 10.5 Å². The number of aromatic amines is 1. The van der Waals surface area contributed by atoms with Crippen molar-refractivity contribution in [2.75, 3.05) is 30.8 Å². The van der Waals surface area contributed by atoms with Crippen molar-refractivity contribution in [2.45, 2.75) is 6.42 Å². The highest BCUT2D eigenvalue weighted by atomic mass is 16.5. The van der Waals surface area contributed by atoms with E-state index in [0.717, 1.165) is 54.0 Å². The zero-order chi connectivity index (χ0) is 15.6. The zero-order valence-electron chi connectivity index (χ0n) is 12.7. The first-order valence-electron chi connectivity index (χ1n) is 7.81. The molecule has 0 spiro atoms.